The number of aromatic nitrogens is 1. The van der Waals surface area contributed by atoms with Crippen LogP contribution in [0.5, 0.6) is 5.75 Å². The first-order valence-electron chi connectivity index (χ1n) is 8.78. The van der Waals surface area contributed by atoms with Crippen molar-refractivity contribution in [2.45, 2.75) is 6.18 Å². The zero-order valence-corrected chi connectivity index (χ0v) is 15.6. The van der Waals surface area contributed by atoms with Gasteiger partial charge in [0.15, 0.2) is 5.76 Å². The molecule has 2 heterocycles. The van der Waals surface area contributed by atoms with Gasteiger partial charge in [0.2, 0.25) is 11.5 Å². The number of oxazole rings is 1. The van der Waals surface area contributed by atoms with Gasteiger partial charge >= 0.3 is 6.18 Å². The van der Waals surface area contributed by atoms with Crippen LogP contribution in [0, 0.1) is 0 Å². The molecule has 0 aliphatic heterocycles. The molecule has 0 saturated carbocycles. The van der Waals surface area contributed by atoms with Gasteiger partial charge in [0.25, 0.3) is 5.89 Å². The third kappa shape index (κ3) is 3.71. The van der Waals surface area contributed by atoms with Crippen LogP contribution in [0.1, 0.15) is 21.7 Å². The van der Waals surface area contributed by atoms with E-state index in [1.54, 1.807) is 36.4 Å². The summed E-state index contributed by atoms with van der Waals surface area (Å²) in [4.78, 5) is 17.4. The number of furan rings is 1. The second kappa shape index (κ2) is 7.55. The smallest absolute Gasteiger partial charge is 0.416 e. The van der Waals surface area contributed by atoms with Crippen molar-refractivity contribution in [1.29, 1.82) is 0 Å². The van der Waals surface area contributed by atoms with Gasteiger partial charge in [0, 0.05) is 11.1 Å². The highest BCUT2D eigenvalue weighted by atomic mass is 19.4. The van der Waals surface area contributed by atoms with Crippen LogP contribution in [0.4, 0.5) is 13.2 Å². The molecule has 0 saturated heterocycles. The molecule has 152 valence electrons. The van der Waals surface area contributed by atoms with Crippen molar-refractivity contribution in [1.82, 2.24) is 4.98 Å². The number of hydrogen-bond donors (Lipinski definition) is 0. The molecule has 0 aliphatic carbocycles. The number of carbonyl (C=O) groups excluding carboxylic acids is 1. The van der Waals surface area contributed by atoms with Gasteiger partial charge in [-0.3, -0.25) is 4.79 Å². The summed E-state index contributed by atoms with van der Waals surface area (Å²) in [7, 11) is 1.53. The lowest BCUT2D eigenvalue weighted by atomic mass is 10.0. The lowest BCUT2D eigenvalue weighted by Crippen LogP contribution is -2.07. The molecule has 5 nitrogen and oxygen atoms in total. The molecule has 2 aromatic heterocycles. The van der Waals surface area contributed by atoms with Crippen molar-refractivity contribution in [3.05, 3.63) is 83.8 Å². The van der Waals surface area contributed by atoms with E-state index in [2.05, 4.69) is 4.98 Å². The monoisotopic (exact) mass is 413 g/mol. The Morgan fingerprint density at radius 2 is 1.70 bits per heavy atom. The van der Waals surface area contributed by atoms with Gasteiger partial charge in [-0.2, -0.15) is 13.2 Å². The number of ether oxygens (including phenoxy) is 1. The van der Waals surface area contributed by atoms with Crippen LogP contribution in [0.25, 0.3) is 22.9 Å². The van der Waals surface area contributed by atoms with Gasteiger partial charge in [-0.15, -0.1) is 0 Å². The summed E-state index contributed by atoms with van der Waals surface area (Å²) in [6.45, 7) is 0. The Labute approximate surface area is 168 Å². The van der Waals surface area contributed by atoms with Crippen LogP contribution in [-0.2, 0) is 6.18 Å². The molecule has 8 heteroatoms. The van der Waals surface area contributed by atoms with Crippen LogP contribution < -0.4 is 4.74 Å². The second-order valence-electron chi connectivity index (χ2n) is 6.31. The average molecular weight is 413 g/mol. The molecular formula is C22H14F3NO4. The van der Waals surface area contributed by atoms with Crippen LogP contribution in [0.15, 0.2) is 75.8 Å². The summed E-state index contributed by atoms with van der Waals surface area (Å²) in [5.74, 6) is 0.313. The Balaban J connectivity index is 1.78. The Morgan fingerprint density at radius 3 is 2.27 bits per heavy atom. The Morgan fingerprint density at radius 1 is 1.00 bits per heavy atom. The van der Waals surface area contributed by atoms with Crippen molar-refractivity contribution in [2.75, 3.05) is 7.11 Å². The molecule has 0 atom stereocenters. The molecule has 2 aromatic carbocycles. The highest BCUT2D eigenvalue weighted by molar-refractivity contribution is 6.10. The molecule has 0 N–H and O–H groups in total. The molecule has 4 aromatic rings. The molecular weight excluding hydrogens is 399 g/mol. The number of benzene rings is 2. The van der Waals surface area contributed by atoms with E-state index in [1.165, 1.54) is 13.4 Å². The predicted molar refractivity (Wildman–Crippen MR) is 101 cm³/mol. The molecule has 0 fully saturated rings. The first kappa shape index (κ1) is 19.5. The number of hydrogen-bond acceptors (Lipinski definition) is 5. The maximum Gasteiger partial charge on any atom is 0.416 e. The van der Waals surface area contributed by atoms with E-state index < -0.39 is 17.5 Å². The highest BCUT2D eigenvalue weighted by Crippen LogP contribution is 2.33. The molecule has 30 heavy (non-hydrogen) atoms. The van der Waals surface area contributed by atoms with E-state index in [4.69, 9.17) is 13.6 Å². The SMILES string of the molecule is COc1ccc(-c2nc(-c3ccco3)oc2C(=O)c2ccc(C(F)(F)F)cc2)cc1. The quantitative estimate of drug-likeness (QED) is 0.384. The third-order valence-corrected chi connectivity index (χ3v) is 4.40. The van der Waals surface area contributed by atoms with Crippen LogP contribution in [0.2, 0.25) is 0 Å². The topological polar surface area (TPSA) is 65.5 Å². The predicted octanol–water partition coefficient (Wildman–Crippen LogP) is 5.86. The van der Waals surface area contributed by atoms with E-state index in [-0.39, 0.29) is 22.9 Å². The lowest BCUT2D eigenvalue weighted by Gasteiger charge is -2.07. The largest absolute Gasteiger partial charge is 0.497 e. The molecule has 4 rings (SSSR count). The highest BCUT2D eigenvalue weighted by Gasteiger charge is 2.31. The number of carbonyl (C=O) groups is 1. The van der Waals surface area contributed by atoms with Gasteiger partial charge in [-0.1, -0.05) is 12.1 Å². The van der Waals surface area contributed by atoms with Crippen LogP contribution in [-0.4, -0.2) is 17.9 Å². The van der Waals surface area contributed by atoms with Crippen molar-refractivity contribution < 1.29 is 31.5 Å². The number of halogens is 3. The van der Waals surface area contributed by atoms with Gasteiger partial charge in [0.05, 0.1) is 18.9 Å². The summed E-state index contributed by atoms with van der Waals surface area (Å²) in [5.41, 5.74) is 0.0183. The summed E-state index contributed by atoms with van der Waals surface area (Å²) in [5, 5.41) is 0. The fourth-order valence-electron chi connectivity index (χ4n) is 2.87. The normalized spacial score (nSPS) is 11.5. The Hall–Kier alpha value is -3.81. The van der Waals surface area contributed by atoms with Gasteiger partial charge < -0.3 is 13.6 Å². The van der Waals surface area contributed by atoms with Gasteiger partial charge in [-0.05, 0) is 48.5 Å². The number of methoxy groups -OCH3 is 1. The summed E-state index contributed by atoms with van der Waals surface area (Å²) in [6, 6.07) is 14.0. The standard InChI is InChI=1S/C22H14F3NO4/c1-28-16-10-6-13(7-11-16)18-20(30-21(26-18)17-3-2-12-29-17)19(27)14-4-8-15(9-5-14)22(23,24)25/h2-12H,1H3. The maximum absolute atomic E-state index is 13.0. The van der Waals surface area contributed by atoms with E-state index >= 15 is 0 Å². The molecule has 0 aliphatic rings. The molecule has 0 spiro atoms. The van der Waals surface area contributed by atoms with E-state index in [1.807, 2.05) is 0 Å². The van der Waals surface area contributed by atoms with Crippen molar-refractivity contribution >= 4 is 5.78 Å². The molecule has 0 bridgehead atoms. The van der Waals surface area contributed by atoms with Crippen molar-refractivity contribution in [2.24, 2.45) is 0 Å². The van der Waals surface area contributed by atoms with Crippen molar-refractivity contribution in [3.8, 4) is 28.7 Å². The van der Waals surface area contributed by atoms with Gasteiger partial charge in [0.1, 0.15) is 11.4 Å². The van der Waals surface area contributed by atoms with Crippen LogP contribution in [0.3, 0.4) is 0 Å². The molecule has 0 amide bonds. The lowest BCUT2D eigenvalue weighted by molar-refractivity contribution is -0.137. The minimum Gasteiger partial charge on any atom is -0.497 e. The Bertz CT molecular complexity index is 1160. The van der Waals surface area contributed by atoms with Gasteiger partial charge in [-0.25, -0.2) is 4.98 Å². The Kier molecular flexibility index (Phi) is 4.91. The maximum atomic E-state index is 13.0. The number of nitrogens with zero attached hydrogens (tertiary/aromatic N) is 1. The summed E-state index contributed by atoms with van der Waals surface area (Å²) < 4.78 is 54.6. The third-order valence-electron chi connectivity index (χ3n) is 4.40. The van der Waals surface area contributed by atoms with E-state index in [0.717, 1.165) is 24.3 Å². The fourth-order valence-corrected chi connectivity index (χ4v) is 2.87. The number of alkyl halides is 3. The summed E-state index contributed by atoms with van der Waals surface area (Å²) in [6.07, 6.45) is -3.06. The van der Waals surface area contributed by atoms with E-state index in [0.29, 0.717) is 17.1 Å². The van der Waals surface area contributed by atoms with Crippen molar-refractivity contribution in [3.63, 3.8) is 0 Å². The zero-order valence-electron chi connectivity index (χ0n) is 15.6. The zero-order chi connectivity index (χ0) is 21.3. The minimum absolute atomic E-state index is 0.0416. The fraction of sp³-hybridized carbons (Fsp3) is 0.0909. The van der Waals surface area contributed by atoms with E-state index in [9.17, 15) is 18.0 Å². The number of ketones is 1. The second-order valence-corrected chi connectivity index (χ2v) is 6.31. The molecule has 0 radical (unpaired) electrons. The average Bonchev–Trinajstić information content (AvgIpc) is 3.43. The molecule has 0 unspecified atom stereocenters. The first-order valence-corrected chi connectivity index (χ1v) is 8.78. The minimum atomic E-state index is -4.49. The van der Waals surface area contributed by atoms with Crippen LogP contribution >= 0.6 is 0 Å². The first-order chi connectivity index (χ1) is 14.4. The number of rotatable bonds is 5. The summed E-state index contributed by atoms with van der Waals surface area (Å²) >= 11 is 0.